The molecule has 1 rings (SSSR count). The Kier molecular flexibility index (Phi) is 4.50. The van der Waals surface area contributed by atoms with Gasteiger partial charge < -0.3 is 14.6 Å². The lowest BCUT2D eigenvalue weighted by atomic mass is 10.1. The van der Waals surface area contributed by atoms with Gasteiger partial charge in [-0.25, -0.2) is 0 Å². The van der Waals surface area contributed by atoms with Gasteiger partial charge in [0, 0.05) is 0 Å². The molecule has 0 radical (unpaired) electrons. The van der Waals surface area contributed by atoms with Gasteiger partial charge in [-0.05, 0) is 5.56 Å². The highest BCUT2D eigenvalue weighted by Gasteiger charge is 2.15. The average molecular weight is 208 g/mol. The molecule has 0 bridgehead atoms. The van der Waals surface area contributed by atoms with Gasteiger partial charge in [-0.15, -0.1) is 0 Å². The number of aldehydes is 1. The summed E-state index contributed by atoms with van der Waals surface area (Å²) in [4.78, 5) is 20.7. The van der Waals surface area contributed by atoms with Crippen LogP contribution in [0.1, 0.15) is 18.1 Å². The van der Waals surface area contributed by atoms with Crippen LogP contribution in [0.5, 0.6) is 0 Å². The van der Waals surface area contributed by atoms with Gasteiger partial charge in [0.25, 0.3) is 0 Å². The van der Waals surface area contributed by atoms with Crippen LogP contribution in [0.15, 0.2) is 30.3 Å². The Morgan fingerprint density at radius 2 is 2.07 bits per heavy atom. The van der Waals surface area contributed by atoms with Crippen molar-refractivity contribution >= 4 is 12.3 Å². The Bertz CT molecular complexity index is 321. The van der Waals surface area contributed by atoms with Crippen LogP contribution in [0.25, 0.3) is 0 Å². The third-order valence-electron chi connectivity index (χ3n) is 1.90. The molecule has 0 saturated carbocycles. The second-order valence-electron chi connectivity index (χ2n) is 3.00. The lowest BCUT2D eigenvalue weighted by Gasteiger charge is -2.14. The molecule has 1 aromatic rings. The lowest BCUT2D eigenvalue weighted by molar-refractivity contribution is -0.141. The van der Waals surface area contributed by atoms with Crippen molar-refractivity contribution in [2.75, 3.05) is 6.61 Å². The standard InChI is InChI=1S/C11H12O4/c12-6-7-15-10(8-11(13)14)9-4-2-1-3-5-9/h1-6,10H,7-8H2,(H,13,14). The molecule has 0 heterocycles. The molecule has 1 aromatic carbocycles. The molecule has 1 atom stereocenters. The molecule has 4 heteroatoms. The predicted octanol–water partition coefficient (Wildman–Crippen LogP) is 1.42. The monoisotopic (exact) mass is 208 g/mol. The maximum atomic E-state index is 10.6. The molecular formula is C11H12O4. The summed E-state index contributed by atoms with van der Waals surface area (Å²) < 4.78 is 5.14. The first-order chi connectivity index (χ1) is 7.24. The van der Waals surface area contributed by atoms with E-state index in [4.69, 9.17) is 9.84 Å². The Balaban J connectivity index is 2.71. The smallest absolute Gasteiger partial charge is 0.306 e. The summed E-state index contributed by atoms with van der Waals surface area (Å²) in [6, 6.07) is 8.99. The van der Waals surface area contributed by atoms with Crippen LogP contribution < -0.4 is 0 Å². The van der Waals surface area contributed by atoms with Crippen LogP contribution in [-0.4, -0.2) is 24.0 Å². The van der Waals surface area contributed by atoms with Crippen molar-refractivity contribution in [2.45, 2.75) is 12.5 Å². The maximum Gasteiger partial charge on any atom is 0.306 e. The Labute approximate surface area is 87.5 Å². The molecule has 0 spiro atoms. The van der Waals surface area contributed by atoms with Gasteiger partial charge in [-0.2, -0.15) is 0 Å². The largest absolute Gasteiger partial charge is 0.481 e. The minimum Gasteiger partial charge on any atom is -0.481 e. The van der Waals surface area contributed by atoms with Gasteiger partial charge in [-0.3, -0.25) is 4.79 Å². The molecule has 0 aliphatic rings. The summed E-state index contributed by atoms with van der Waals surface area (Å²) in [7, 11) is 0. The number of carbonyl (C=O) groups excluding carboxylic acids is 1. The average Bonchev–Trinajstić information content (AvgIpc) is 2.25. The molecule has 0 aliphatic carbocycles. The maximum absolute atomic E-state index is 10.6. The molecule has 0 aromatic heterocycles. The van der Waals surface area contributed by atoms with E-state index in [-0.39, 0.29) is 13.0 Å². The van der Waals surface area contributed by atoms with E-state index in [1.54, 1.807) is 24.3 Å². The van der Waals surface area contributed by atoms with E-state index >= 15 is 0 Å². The van der Waals surface area contributed by atoms with Crippen molar-refractivity contribution in [3.63, 3.8) is 0 Å². The summed E-state index contributed by atoms with van der Waals surface area (Å²) in [6.45, 7) is -0.0904. The molecule has 1 unspecified atom stereocenters. The van der Waals surface area contributed by atoms with Gasteiger partial charge in [0.2, 0.25) is 0 Å². The first-order valence-corrected chi connectivity index (χ1v) is 4.56. The fraction of sp³-hybridized carbons (Fsp3) is 0.273. The summed E-state index contributed by atoms with van der Waals surface area (Å²) >= 11 is 0. The van der Waals surface area contributed by atoms with Crippen LogP contribution in [0, 0.1) is 0 Å². The third-order valence-corrected chi connectivity index (χ3v) is 1.90. The Hall–Kier alpha value is -1.68. The lowest BCUT2D eigenvalue weighted by Crippen LogP contribution is -2.11. The highest BCUT2D eigenvalue weighted by atomic mass is 16.5. The summed E-state index contributed by atoms with van der Waals surface area (Å²) in [5, 5.41) is 8.68. The van der Waals surface area contributed by atoms with Gasteiger partial charge in [-0.1, -0.05) is 30.3 Å². The Morgan fingerprint density at radius 1 is 1.40 bits per heavy atom. The topological polar surface area (TPSA) is 63.6 Å². The molecule has 0 saturated heterocycles. The summed E-state index contributed by atoms with van der Waals surface area (Å²) in [5.74, 6) is -0.949. The minimum atomic E-state index is -0.949. The van der Waals surface area contributed by atoms with Crippen molar-refractivity contribution in [3.8, 4) is 0 Å². The van der Waals surface area contributed by atoms with E-state index < -0.39 is 12.1 Å². The van der Waals surface area contributed by atoms with E-state index in [9.17, 15) is 9.59 Å². The second-order valence-corrected chi connectivity index (χ2v) is 3.00. The van der Waals surface area contributed by atoms with E-state index in [0.29, 0.717) is 6.29 Å². The number of benzene rings is 1. The predicted molar refractivity (Wildman–Crippen MR) is 53.5 cm³/mol. The fourth-order valence-electron chi connectivity index (χ4n) is 1.25. The number of aliphatic carboxylic acids is 1. The summed E-state index contributed by atoms with van der Waals surface area (Å²) in [6.07, 6.45) is -0.0933. The normalized spacial score (nSPS) is 12.0. The van der Waals surface area contributed by atoms with Crippen LogP contribution in [0.2, 0.25) is 0 Å². The van der Waals surface area contributed by atoms with Gasteiger partial charge >= 0.3 is 5.97 Å². The number of rotatable bonds is 6. The SMILES string of the molecule is O=CCOC(CC(=O)O)c1ccccc1. The number of hydrogen-bond acceptors (Lipinski definition) is 3. The number of ether oxygens (including phenoxy) is 1. The number of carboxylic acid groups (broad SMARTS) is 1. The quantitative estimate of drug-likeness (QED) is 0.718. The zero-order valence-corrected chi connectivity index (χ0v) is 8.13. The number of carbonyl (C=O) groups is 2. The molecule has 4 nitrogen and oxygen atoms in total. The molecule has 0 fully saturated rings. The van der Waals surface area contributed by atoms with Gasteiger partial charge in [0.1, 0.15) is 12.9 Å². The Morgan fingerprint density at radius 3 is 2.60 bits per heavy atom. The first-order valence-electron chi connectivity index (χ1n) is 4.56. The van der Waals surface area contributed by atoms with E-state index in [1.807, 2.05) is 6.07 Å². The molecule has 80 valence electrons. The highest BCUT2D eigenvalue weighted by molar-refractivity contribution is 5.67. The van der Waals surface area contributed by atoms with Crippen LogP contribution in [0.4, 0.5) is 0 Å². The molecule has 0 aliphatic heterocycles. The molecule has 15 heavy (non-hydrogen) atoms. The third kappa shape index (κ3) is 3.91. The van der Waals surface area contributed by atoms with Crippen LogP contribution in [0.3, 0.4) is 0 Å². The zero-order valence-electron chi connectivity index (χ0n) is 8.13. The van der Waals surface area contributed by atoms with E-state index in [0.717, 1.165) is 5.56 Å². The summed E-state index contributed by atoms with van der Waals surface area (Å²) in [5.41, 5.74) is 0.766. The molecular weight excluding hydrogens is 196 g/mol. The second kappa shape index (κ2) is 5.93. The number of carboxylic acids is 1. The minimum absolute atomic E-state index is 0.0904. The van der Waals surface area contributed by atoms with Crippen LogP contribution in [-0.2, 0) is 14.3 Å². The highest BCUT2D eigenvalue weighted by Crippen LogP contribution is 2.20. The molecule has 1 N–H and O–H groups in total. The molecule has 0 amide bonds. The van der Waals surface area contributed by atoms with E-state index in [1.165, 1.54) is 0 Å². The van der Waals surface area contributed by atoms with Crippen molar-refractivity contribution in [1.29, 1.82) is 0 Å². The number of hydrogen-bond donors (Lipinski definition) is 1. The van der Waals surface area contributed by atoms with E-state index in [2.05, 4.69) is 0 Å². The first kappa shape index (κ1) is 11.4. The fourth-order valence-corrected chi connectivity index (χ4v) is 1.25. The van der Waals surface area contributed by atoms with Crippen molar-refractivity contribution in [2.24, 2.45) is 0 Å². The van der Waals surface area contributed by atoms with Gasteiger partial charge in [0.05, 0.1) is 12.5 Å². The van der Waals surface area contributed by atoms with Gasteiger partial charge in [0.15, 0.2) is 0 Å². The zero-order chi connectivity index (χ0) is 11.1. The van der Waals surface area contributed by atoms with Crippen molar-refractivity contribution in [1.82, 2.24) is 0 Å². The van der Waals surface area contributed by atoms with Crippen molar-refractivity contribution < 1.29 is 19.4 Å². The van der Waals surface area contributed by atoms with Crippen molar-refractivity contribution in [3.05, 3.63) is 35.9 Å². The van der Waals surface area contributed by atoms with Crippen LogP contribution >= 0.6 is 0 Å².